The maximum atomic E-state index is 10.9. The second kappa shape index (κ2) is 5.19. The summed E-state index contributed by atoms with van der Waals surface area (Å²) in [6, 6.07) is 8.10. The lowest BCUT2D eigenvalue weighted by atomic mass is 10.1. The molecule has 1 fully saturated rings. The van der Waals surface area contributed by atoms with Crippen LogP contribution < -0.4 is 10.6 Å². The number of likely N-dealkylation sites (N-methyl/N-ethyl adjacent to an activating group) is 1. The fourth-order valence-electron chi connectivity index (χ4n) is 2.13. The van der Waals surface area contributed by atoms with Gasteiger partial charge in [0.05, 0.1) is 6.42 Å². The van der Waals surface area contributed by atoms with Crippen molar-refractivity contribution in [2.45, 2.75) is 6.42 Å². The van der Waals surface area contributed by atoms with E-state index < -0.39 is 0 Å². The van der Waals surface area contributed by atoms with Gasteiger partial charge >= 0.3 is 0 Å². The highest BCUT2D eigenvalue weighted by atomic mass is 16.1. The third kappa shape index (κ3) is 3.20. The molecule has 1 aliphatic rings. The second-order valence-corrected chi connectivity index (χ2v) is 4.60. The zero-order valence-corrected chi connectivity index (χ0v) is 10.2. The SMILES string of the molecule is CN1CCN(c2cccc(CC(N)=O)c2)CC1. The van der Waals surface area contributed by atoms with Crippen LogP contribution in [-0.4, -0.2) is 44.0 Å². The highest BCUT2D eigenvalue weighted by molar-refractivity contribution is 5.77. The quantitative estimate of drug-likeness (QED) is 0.825. The molecule has 0 atom stereocenters. The molecule has 2 rings (SSSR count). The Kier molecular flexibility index (Phi) is 3.64. The fraction of sp³-hybridized carbons (Fsp3) is 0.462. The average Bonchev–Trinajstić information content (AvgIpc) is 2.29. The maximum absolute atomic E-state index is 10.9. The van der Waals surface area contributed by atoms with Gasteiger partial charge in [0.25, 0.3) is 0 Å². The Morgan fingerprint density at radius 2 is 2.00 bits per heavy atom. The monoisotopic (exact) mass is 233 g/mol. The van der Waals surface area contributed by atoms with Gasteiger partial charge in [-0.2, -0.15) is 0 Å². The predicted octanol–water partition coefficient (Wildman–Crippen LogP) is 0.466. The molecule has 0 unspecified atom stereocenters. The molecule has 2 N–H and O–H groups in total. The molecule has 0 saturated carbocycles. The Labute approximate surface area is 102 Å². The third-order valence-electron chi connectivity index (χ3n) is 3.16. The first-order valence-electron chi connectivity index (χ1n) is 5.96. The summed E-state index contributed by atoms with van der Waals surface area (Å²) in [6.45, 7) is 4.24. The van der Waals surface area contributed by atoms with Crippen molar-refractivity contribution in [2.24, 2.45) is 5.73 Å². The lowest BCUT2D eigenvalue weighted by molar-refractivity contribution is -0.117. The first-order valence-corrected chi connectivity index (χ1v) is 5.96. The highest BCUT2D eigenvalue weighted by Crippen LogP contribution is 2.18. The van der Waals surface area contributed by atoms with Crippen LogP contribution in [0.3, 0.4) is 0 Å². The molecular weight excluding hydrogens is 214 g/mol. The van der Waals surface area contributed by atoms with E-state index in [0.717, 1.165) is 31.7 Å². The number of amides is 1. The molecule has 0 radical (unpaired) electrons. The lowest BCUT2D eigenvalue weighted by Crippen LogP contribution is -2.44. The number of rotatable bonds is 3. The molecule has 17 heavy (non-hydrogen) atoms. The molecule has 1 amide bonds. The summed E-state index contributed by atoms with van der Waals surface area (Å²) in [5.41, 5.74) is 7.40. The van der Waals surface area contributed by atoms with Crippen molar-refractivity contribution in [3.05, 3.63) is 29.8 Å². The van der Waals surface area contributed by atoms with Crippen LogP contribution in [0.15, 0.2) is 24.3 Å². The van der Waals surface area contributed by atoms with Crippen LogP contribution in [0.2, 0.25) is 0 Å². The molecule has 4 heteroatoms. The van der Waals surface area contributed by atoms with Gasteiger partial charge in [0.1, 0.15) is 0 Å². The van der Waals surface area contributed by atoms with Crippen LogP contribution in [0.1, 0.15) is 5.56 Å². The van der Waals surface area contributed by atoms with Gasteiger partial charge in [0, 0.05) is 31.9 Å². The van der Waals surface area contributed by atoms with Crippen LogP contribution in [0.4, 0.5) is 5.69 Å². The molecule has 0 bridgehead atoms. The Bertz CT molecular complexity index is 397. The van der Waals surface area contributed by atoms with Gasteiger partial charge in [-0.05, 0) is 24.7 Å². The van der Waals surface area contributed by atoms with E-state index in [1.165, 1.54) is 5.69 Å². The molecule has 0 spiro atoms. The van der Waals surface area contributed by atoms with E-state index in [2.05, 4.69) is 29.0 Å². The second-order valence-electron chi connectivity index (χ2n) is 4.60. The molecule has 0 aliphatic carbocycles. The first-order chi connectivity index (χ1) is 8.15. The number of piperazine rings is 1. The van der Waals surface area contributed by atoms with Crippen LogP contribution >= 0.6 is 0 Å². The number of hydrogen-bond donors (Lipinski definition) is 1. The predicted molar refractivity (Wildman–Crippen MR) is 69.1 cm³/mol. The van der Waals surface area contributed by atoms with Crippen LogP contribution in [0.5, 0.6) is 0 Å². The fourth-order valence-corrected chi connectivity index (χ4v) is 2.13. The standard InChI is InChI=1S/C13H19N3O/c1-15-5-7-16(8-6-15)12-4-2-3-11(9-12)10-13(14)17/h2-4,9H,5-8,10H2,1H3,(H2,14,17). The van der Waals surface area contributed by atoms with E-state index >= 15 is 0 Å². The minimum atomic E-state index is -0.277. The summed E-state index contributed by atoms with van der Waals surface area (Å²) in [6.07, 6.45) is 0.321. The molecule has 1 saturated heterocycles. The van der Waals surface area contributed by atoms with E-state index in [1.54, 1.807) is 0 Å². The molecule has 1 aliphatic heterocycles. The number of nitrogens with two attached hydrogens (primary N) is 1. The minimum absolute atomic E-state index is 0.277. The number of nitrogens with zero attached hydrogens (tertiary/aromatic N) is 2. The highest BCUT2D eigenvalue weighted by Gasteiger charge is 2.14. The smallest absolute Gasteiger partial charge is 0.221 e. The molecule has 0 aromatic heterocycles. The zero-order chi connectivity index (χ0) is 12.3. The normalized spacial score (nSPS) is 17.1. The molecule has 1 aromatic rings. The Morgan fingerprint density at radius 3 is 2.65 bits per heavy atom. The van der Waals surface area contributed by atoms with Crippen molar-refractivity contribution in [1.29, 1.82) is 0 Å². The summed E-state index contributed by atoms with van der Waals surface area (Å²) >= 11 is 0. The van der Waals surface area contributed by atoms with Gasteiger partial charge in [-0.15, -0.1) is 0 Å². The van der Waals surface area contributed by atoms with Crippen LogP contribution in [-0.2, 0) is 11.2 Å². The maximum Gasteiger partial charge on any atom is 0.221 e. The topological polar surface area (TPSA) is 49.6 Å². The Balaban J connectivity index is 2.07. The van der Waals surface area contributed by atoms with Gasteiger partial charge in [0.2, 0.25) is 5.91 Å². The summed E-state index contributed by atoms with van der Waals surface area (Å²) < 4.78 is 0. The van der Waals surface area contributed by atoms with E-state index in [4.69, 9.17) is 5.73 Å². The van der Waals surface area contributed by atoms with Gasteiger partial charge in [0.15, 0.2) is 0 Å². The number of anilines is 1. The van der Waals surface area contributed by atoms with E-state index in [1.807, 2.05) is 12.1 Å². The van der Waals surface area contributed by atoms with Crippen LogP contribution in [0, 0.1) is 0 Å². The largest absolute Gasteiger partial charge is 0.369 e. The first kappa shape index (κ1) is 11.9. The van der Waals surface area contributed by atoms with Gasteiger partial charge < -0.3 is 15.5 Å². The van der Waals surface area contributed by atoms with Crippen molar-refractivity contribution >= 4 is 11.6 Å². The van der Waals surface area contributed by atoms with Crippen LogP contribution in [0.25, 0.3) is 0 Å². The van der Waals surface area contributed by atoms with Crippen molar-refractivity contribution in [2.75, 3.05) is 38.1 Å². The molecule has 1 aromatic carbocycles. The number of benzene rings is 1. The van der Waals surface area contributed by atoms with E-state index in [9.17, 15) is 4.79 Å². The summed E-state index contributed by atoms with van der Waals surface area (Å²) in [7, 11) is 2.14. The summed E-state index contributed by atoms with van der Waals surface area (Å²) in [5.74, 6) is -0.277. The Morgan fingerprint density at radius 1 is 1.29 bits per heavy atom. The number of carbonyl (C=O) groups excluding carboxylic acids is 1. The molecule has 4 nitrogen and oxygen atoms in total. The number of hydrogen-bond acceptors (Lipinski definition) is 3. The van der Waals surface area contributed by atoms with Crippen molar-refractivity contribution < 1.29 is 4.79 Å². The molecular formula is C13H19N3O. The van der Waals surface area contributed by atoms with Crippen molar-refractivity contribution in [3.63, 3.8) is 0 Å². The Hall–Kier alpha value is -1.55. The van der Waals surface area contributed by atoms with Gasteiger partial charge in [-0.1, -0.05) is 12.1 Å². The van der Waals surface area contributed by atoms with E-state index in [0.29, 0.717) is 6.42 Å². The van der Waals surface area contributed by atoms with Gasteiger partial charge in [-0.3, -0.25) is 4.79 Å². The number of carbonyl (C=O) groups is 1. The summed E-state index contributed by atoms with van der Waals surface area (Å²) in [4.78, 5) is 15.6. The average molecular weight is 233 g/mol. The summed E-state index contributed by atoms with van der Waals surface area (Å²) in [5, 5.41) is 0. The molecule has 92 valence electrons. The minimum Gasteiger partial charge on any atom is -0.369 e. The van der Waals surface area contributed by atoms with E-state index in [-0.39, 0.29) is 5.91 Å². The number of primary amides is 1. The van der Waals surface area contributed by atoms with Gasteiger partial charge in [-0.25, -0.2) is 0 Å². The zero-order valence-electron chi connectivity index (χ0n) is 10.2. The van der Waals surface area contributed by atoms with Crippen molar-refractivity contribution in [3.8, 4) is 0 Å². The molecule has 1 heterocycles. The van der Waals surface area contributed by atoms with Crippen molar-refractivity contribution in [1.82, 2.24) is 4.90 Å². The third-order valence-corrected chi connectivity index (χ3v) is 3.16. The lowest BCUT2D eigenvalue weighted by Gasteiger charge is -2.34.